The molecule has 1 aromatic carbocycles. The van der Waals surface area contributed by atoms with Crippen LogP contribution >= 0.6 is 0 Å². The number of ether oxygens (including phenoxy) is 1. The summed E-state index contributed by atoms with van der Waals surface area (Å²) in [5.41, 5.74) is -0.505. The molecule has 0 aliphatic carbocycles. The Labute approximate surface area is 131 Å². The summed E-state index contributed by atoms with van der Waals surface area (Å²) in [7, 11) is 0. The molecule has 0 heterocycles. The predicted molar refractivity (Wildman–Crippen MR) is 84.3 cm³/mol. The molecule has 0 aromatic heterocycles. The molecule has 0 aliphatic heterocycles. The van der Waals surface area contributed by atoms with Gasteiger partial charge in [-0.3, -0.25) is 4.79 Å². The van der Waals surface area contributed by atoms with Gasteiger partial charge in [0.1, 0.15) is 12.2 Å². The van der Waals surface area contributed by atoms with Crippen molar-refractivity contribution < 1.29 is 19.4 Å². The topological polar surface area (TPSA) is 75.6 Å². The molecule has 0 aliphatic rings. The molecule has 0 bridgehead atoms. The molecule has 122 valence electrons. The lowest BCUT2D eigenvalue weighted by Gasteiger charge is -2.24. The van der Waals surface area contributed by atoms with Crippen molar-refractivity contribution in [2.45, 2.75) is 52.4 Å². The molecule has 22 heavy (non-hydrogen) atoms. The zero-order valence-corrected chi connectivity index (χ0v) is 13.6. The minimum absolute atomic E-state index is 0.0515. The van der Waals surface area contributed by atoms with E-state index >= 15 is 0 Å². The molecule has 0 unspecified atom stereocenters. The van der Waals surface area contributed by atoms with Crippen LogP contribution in [0.3, 0.4) is 0 Å². The maximum Gasteiger partial charge on any atom is 0.407 e. The molecule has 5 nitrogen and oxygen atoms in total. The predicted octanol–water partition coefficient (Wildman–Crippen LogP) is 2.67. The van der Waals surface area contributed by atoms with Crippen molar-refractivity contribution in [2.75, 3.05) is 0 Å². The quantitative estimate of drug-likeness (QED) is 0.812. The van der Waals surface area contributed by atoms with Gasteiger partial charge in [-0.15, -0.1) is 0 Å². The number of ketones is 1. The van der Waals surface area contributed by atoms with Crippen LogP contribution in [-0.4, -0.2) is 28.6 Å². The van der Waals surface area contributed by atoms with Gasteiger partial charge in [0, 0.05) is 12.5 Å². The number of carbonyl (C=O) groups excluding carboxylic acids is 2. The standard InChI is InChI=1S/C17H25NO4/c1-12(2)14(10-15(19)17(3,4)21)18-16(20)22-11-13-8-6-5-7-9-13/h5-9,12,14,21H,10-11H2,1-4H3,(H,18,20)/t14-/m1/s1. The van der Waals surface area contributed by atoms with Crippen LogP contribution in [0.15, 0.2) is 30.3 Å². The number of nitrogens with one attached hydrogen (secondary N) is 1. The van der Waals surface area contributed by atoms with Gasteiger partial charge in [-0.2, -0.15) is 0 Å². The van der Waals surface area contributed by atoms with Gasteiger partial charge in [-0.25, -0.2) is 4.79 Å². The normalized spacial score (nSPS) is 12.8. The zero-order chi connectivity index (χ0) is 16.8. The first-order valence-electron chi connectivity index (χ1n) is 7.43. The van der Waals surface area contributed by atoms with Gasteiger partial charge in [-0.1, -0.05) is 44.2 Å². The van der Waals surface area contributed by atoms with E-state index in [1.807, 2.05) is 44.2 Å². The van der Waals surface area contributed by atoms with Crippen molar-refractivity contribution in [3.05, 3.63) is 35.9 Å². The zero-order valence-electron chi connectivity index (χ0n) is 13.6. The van der Waals surface area contributed by atoms with Crippen molar-refractivity contribution in [1.29, 1.82) is 0 Å². The van der Waals surface area contributed by atoms with E-state index in [4.69, 9.17) is 4.74 Å². The molecule has 1 aromatic rings. The van der Waals surface area contributed by atoms with E-state index in [2.05, 4.69) is 5.32 Å². The van der Waals surface area contributed by atoms with Crippen LogP contribution < -0.4 is 5.32 Å². The smallest absolute Gasteiger partial charge is 0.407 e. The fourth-order valence-corrected chi connectivity index (χ4v) is 1.82. The number of hydrogen-bond acceptors (Lipinski definition) is 4. The molecular weight excluding hydrogens is 282 g/mol. The first kappa shape index (κ1) is 18.2. The summed E-state index contributed by atoms with van der Waals surface area (Å²) >= 11 is 0. The van der Waals surface area contributed by atoms with Gasteiger partial charge >= 0.3 is 6.09 Å². The highest BCUT2D eigenvalue weighted by molar-refractivity contribution is 5.87. The second-order valence-electron chi connectivity index (χ2n) is 6.24. The van der Waals surface area contributed by atoms with E-state index in [1.165, 1.54) is 13.8 Å². The average molecular weight is 307 g/mol. The molecule has 0 fully saturated rings. The number of benzene rings is 1. The van der Waals surface area contributed by atoms with Crippen LogP contribution in [0.1, 0.15) is 39.7 Å². The third-order valence-electron chi connectivity index (χ3n) is 3.41. The molecule has 0 saturated carbocycles. The molecule has 0 saturated heterocycles. The van der Waals surface area contributed by atoms with Crippen LogP contribution in [0.2, 0.25) is 0 Å². The SMILES string of the molecule is CC(C)[C@@H](CC(=O)C(C)(C)O)NC(=O)OCc1ccccc1. The minimum Gasteiger partial charge on any atom is -0.445 e. The van der Waals surface area contributed by atoms with Gasteiger partial charge < -0.3 is 15.2 Å². The second kappa shape index (κ2) is 7.94. The molecule has 1 rings (SSSR count). The van der Waals surface area contributed by atoms with Crippen molar-refractivity contribution in [3.63, 3.8) is 0 Å². The summed E-state index contributed by atoms with van der Waals surface area (Å²) in [6.07, 6.45) is -0.493. The lowest BCUT2D eigenvalue weighted by Crippen LogP contribution is -2.44. The number of aliphatic hydroxyl groups is 1. The van der Waals surface area contributed by atoms with Gasteiger partial charge in [0.25, 0.3) is 0 Å². The van der Waals surface area contributed by atoms with Crippen LogP contribution in [0.25, 0.3) is 0 Å². The Morgan fingerprint density at radius 2 is 1.82 bits per heavy atom. The molecule has 5 heteroatoms. The molecule has 2 N–H and O–H groups in total. The summed E-state index contributed by atoms with van der Waals surface area (Å²) in [6.45, 7) is 6.87. The minimum atomic E-state index is -1.40. The van der Waals surface area contributed by atoms with Crippen molar-refractivity contribution >= 4 is 11.9 Å². The fraction of sp³-hybridized carbons (Fsp3) is 0.529. The van der Waals surface area contributed by atoms with E-state index in [0.717, 1.165) is 5.56 Å². The van der Waals surface area contributed by atoms with Crippen LogP contribution in [0, 0.1) is 5.92 Å². The molecule has 0 radical (unpaired) electrons. The van der Waals surface area contributed by atoms with Gasteiger partial charge in [0.2, 0.25) is 0 Å². The van der Waals surface area contributed by atoms with E-state index in [9.17, 15) is 14.7 Å². The number of Topliss-reactive ketones (excluding diaryl/α,β-unsaturated/α-hetero) is 1. The maximum absolute atomic E-state index is 11.9. The monoisotopic (exact) mass is 307 g/mol. The number of carbonyl (C=O) groups is 2. The van der Waals surface area contributed by atoms with E-state index in [1.54, 1.807) is 0 Å². The van der Waals surface area contributed by atoms with E-state index in [-0.39, 0.29) is 30.8 Å². The third kappa shape index (κ3) is 6.26. The number of alkyl carbamates (subject to hydrolysis) is 1. The van der Waals surface area contributed by atoms with Crippen molar-refractivity contribution in [3.8, 4) is 0 Å². The molecule has 1 atom stereocenters. The summed E-state index contributed by atoms with van der Waals surface area (Å²) < 4.78 is 5.15. The summed E-state index contributed by atoms with van der Waals surface area (Å²) in [5, 5.41) is 12.4. The average Bonchev–Trinajstić information content (AvgIpc) is 2.44. The van der Waals surface area contributed by atoms with E-state index in [0.29, 0.717) is 0 Å². The lowest BCUT2D eigenvalue weighted by atomic mass is 9.92. The lowest BCUT2D eigenvalue weighted by molar-refractivity contribution is -0.134. The summed E-state index contributed by atoms with van der Waals surface area (Å²) in [4.78, 5) is 23.8. The highest BCUT2D eigenvalue weighted by Crippen LogP contribution is 2.13. The van der Waals surface area contributed by atoms with Gasteiger partial charge in [0.05, 0.1) is 0 Å². The Kier molecular flexibility index (Phi) is 6.56. The van der Waals surface area contributed by atoms with Gasteiger partial charge in [-0.05, 0) is 25.3 Å². The third-order valence-corrected chi connectivity index (χ3v) is 3.41. The fourth-order valence-electron chi connectivity index (χ4n) is 1.82. The first-order chi connectivity index (χ1) is 10.2. The first-order valence-corrected chi connectivity index (χ1v) is 7.43. The summed E-state index contributed by atoms with van der Waals surface area (Å²) in [6, 6.07) is 8.99. The van der Waals surface area contributed by atoms with Crippen molar-refractivity contribution in [2.24, 2.45) is 5.92 Å². The Morgan fingerprint density at radius 3 is 2.32 bits per heavy atom. The van der Waals surface area contributed by atoms with E-state index < -0.39 is 11.7 Å². The van der Waals surface area contributed by atoms with Crippen LogP contribution in [0.5, 0.6) is 0 Å². The van der Waals surface area contributed by atoms with Crippen molar-refractivity contribution in [1.82, 2.24) is 5.32 Å². The summed E-state index contributed by atoms with van der Waals surface area (Å²) in [5.74, 6) is -0.259. The highest BCUT2D eigenvalue weighted by atomic mass is 16.5. The maximum atomic E-state index is 11.9. The molecule has 1 amide bonds. The largest absolute Gasteiger partial charge is 0.445 e. The number of hydrogen-bond donors (Lipinski definition) is 2. The second-order valence-corrected chi connectivity index (χ2v) is 6.24. The highest BCUT2D eigenvalue weighted by Gasteiger charge is 2.28. The van der Waals surface area contributed by atoms with Crippen LogP contribution in [0.4, 0.5) is 4.79 Å². The number of rotatable bonds is 7. The Bertz CT molecular complexity index is 491. The molecule has 0 spiro atoms. The van der Waals surface area contributed by atoms with Gasteiger partial charge in [0.15, 0.2) is 5.78 Å². The Morgan fingerprint density at radius 1 is 1.23 bits per heavy atom. The Balaban J connectivity index is 2.52. The van der Waals surface area contributed by atoms with Crippen LogP contribution in [-0.2, 0) is 16.1 Å². The Hall–Kier alpha value is -1.88. The molecular formula is C17H25NO4. The number of amides is 1.